The molecule has 1 aliphatic rings. The Kier molecular flexibility index (Phi) is 5.61. The lowest BCUT2D eigenvalue weighted by molar-refractivity contribution is -0.135. The number of hydrogen-bond donors (Lipinski definition) is 0. The van der Waals surface area contributed by atoms with E-state index in [1.54, 1.807) is 4.90 Å². The Bertz CT molecular complexity index is 319. The fourth-order valence-electron chi connectivity index (χ4n) is 2.31. The van der Waals surface area contributed by atoms with E-state index in [0.29, 0.717) is 12.3 Å². The topological polar surface area (TPSA) is 47.3 Å². The number of amides is 1. The molecule has 0 aromatic carbocycles. The van der Waals surface area contributed by atoms with Gasteiger partial charge in [0, 0.05) is 19.6 Å². The molecule has 0 aliphatic carbocycles. The van der Waals surface area contributed by atoms with Gasteiger partial charge in [0.05, 0.1) is 12.5 Å². The molecule has 0 spiro atoms. The van der Waals surface area contributed by atoms with Crippen molar-refractivity contribution >= 4 is 5.91 Å². The first-order chi connectivity index (χ1) is 8.47. The van der Waals surface area contributed by atoms with Crippen LogP contribution in [0.25, 0.3) is 0 Å². The summed E-state index contributed by atoms with van der Waals surface area (Å²) in [5.41, 5.74) is 0. The normalized spacial score (nSPS) is 26.2. The first kappa shape index (κ1) is 15.0. The Labute approximate surface area is 111 Å². The third-order valence-corrected chi connectivity index (χ3v) is 3.85. The first-order valence-electron chi connectivity index (χ1n) is 6.85. The maximum Gasteiger partial charge on any atom is 0.240 e. The second-order valence-electron chi connectivity index (χ2n) is 5.68. The van der Waals surface area contributed by atoms with Gasteiger partial charge < -0.3 is 4.90 Å². The zero-order valence-corrected chi connectivity index (χ0v) is 12.0. The third kappa shape index (κ3) is 3.71. The van der Waals surface area contributed by atoms with Crippen molar-refractivity contribution in [1.29, 1.82) is 5.26 Å². The van der Waals surface area contributed by atoms with Gasteiger partial charge in [0.2, 0.25) is 5.91 Å². The highest BCUT2D eigenvalue weighted by Crippen LogP contribution is 2.18. The number of nitriles is 1. The fraction of sp³-hybridized carbons (Fsp3) is 0.857. The average Bonchev–Trinajstić information content (AvgIpc) is 2.42. The Morgan fingerprint density at radius 1 is 1.50 bits per heavy atom. The quantitative estimate of drug-likeness (QED) is 0.766. The van der Waals surface area contributed by atoms with Crippen LogP contribution in [0.5, 0.6) is 0 Å². The van der Waals surface area contributed by atoms with Gasteiger partial charge in [-0.1, -0.05) is 13.8 Å². The highest BCUT2D eigenvalue weighted by Gasteiger charge is 2.33. The van der Waals surface area contributed by atoms with E-state index in [9.17, 15) is 4.79 Å². The predicted molar refractivity (Wildman–Crippen MR) is 71.9 cm³/mol. The number of carbonyl (C=O) groups excluding carboxylic acids is 1. The van der Waals surface area contributed by atoms with E-state index < -0.39 is 0 Å². The van der Waals surface area contributed by atoms with Crippen LogP contribution in [0.2, 0.25) is 0 Å². The second-order valence-corrected chi connectivity index (χ2v) is 5.68. The monoisotopic (exact) mass is 251 g/mol. The minimum atomic E-state index is -0.247. The van der Waals surface area contributed by atoms with E-state index in [0.717, 1.165) is 25.9 Å². The lowest BCUT2D eigenvalue weighted by Gasteiger charge is -2.29. The largest absolute Gasteiger partial charge is 0.342 e. The molecule has 1 fully saturated rings. The average molecular weight is 251 g/mol. The molecular weight excluding hydrogens is 226 g/mol. The molecule has 4 nitrogen and oxygen atoms in total. The van der Waals surface area contributed by atoms with Crippen molar-refractivity contribution in [2.45, 2.75) is 52.1 Å². The van der Waals surface area contributed by atoms with E-state index in [4.69, 9.17) is 5.26 Å². The Hall–Kier alpha value is -1.08. The van der Waals surface area contributed by atoms with E-state index in [2.05, 4.69) is 31.7 Å². The predicted octanol–water partition coefficient (Wildman–Crippen LogP) is 1.87. The van der Waals surface area contributed by atoms with Crippen molar-refractivity contribution in [3.8, 4) is 6.07 Å². The highest BCUT2D eigenvalue weighted by molar-refractivity contribution is 5.82. The van der Waals surface area contributed by atoms with Gasteiger partial charge >= 0.3 is 0 Å². The van der Waals surface area contributed by atoms with Crippen LogP contribution >= 0.6 is 0 Å². The summed E-state index contributed by atoms with van der Waals surface area (Å²) in [4.78, 5) is 16.3. The zero-order valence-electron chi connectivity index (χ0n) is 12.0. The molecule has 0 radical (unpaired) electrons. The molecule has 2 unspecified atom stereocenters. The number of nitrogens with zero attached hydrogens (tertiary/aromatic N) is 3. The number of rotatable bonds is 4. The van der Waals surface area contributed by atoms with Crippen LogP contribution in [0.15, 0.2) is 0 Å². The van der Waals surface area contributed by atoms with Gasteiger partial charge in [-0.2, -0.15) is 5.26 Å². The van der Waals surface area contributed by atoms with Crippen molar-refractivity contribution < 1.29 is 4.79 Å². The van der Waals surface area contributed by atoms with E-state index in [1.807, 2.05) is 7.05 Å². The molecule has 1 aliphatic heterocycles. The molecule has 0 saturated carbocycles. The Morgan fingerprint density at radius 3 is 2.72 bits per heavy atom. The van der Waals surface area contributed by atoms with Crippen LogP contribution in [0.3, 0.4) is 0 Å². The van der Waals surface area contributed by atoms with Crippen molar-refractivity contribution in [2.75, 3.05) is 20.1 Å². The standard InChI is InChI=1S/C14H25N3O/c1-11(2)6-9-17-10-7-12(3)16(4)14(18)13(17)5-8-15/h11-13H,5-7,9-10H2,1-4H3. The molecule has 4 heteroatoms. The van der Waals surface area contributed by atoms with Gasteiger partial charge in [0.25, 0.3) is 0 Å². The molecule has 0 aromatic rings. The van der Waals surface area contributed by atoms with Gasteiger partial charge in [-0.15, -0.1) is 0 Å². The molecule has 102 valence electrons. The minimum Gasteiger partial charge on any atom is -0.342 e. The summed E-state index contributed by atoms with van der Waals surface area (Å²) in [7, 11) is 1.85. The number of hydrogen-bond acceptors (Lipinski definition) is 3. The van der Waals surface area contributed by atoms with E-state index >= 15 is 0 Å². The summed E-state index contributed by atoms with van der Waals surface area (Å²) in [5.74, 6) is 0.728. The van der Waals surface area contributed by atoms with Crippen LogP contribution in [0.4, 0.5) is 0 Å². The summed E-state index contributed by atoms with van der Waals surface area (Å²) in [5, 5.41) is 8.93. The molecule has 18 heavy (non-hydrogen) atoms. The molecule has 0 N–H and O–H groups in total. The Balaban J connectivity index is 2.78. The smallest absolute Gasteiger partial charge is 0.240 e. The van der Waals surface area contributed by atoms with Crippen molar-refractivity contribution in [2.24, 2.45) is 5.92 Å². The molecule has 0 aromatic heterocycles. The van der Waals surface area contributed by atoms with Crippen molar-refractivity contribution in [3.05, 3.63) is 0 Å². The van der Waals surface area contributed by atoms with Gasteiger partial charge in [0.1, 0.15) is 6.04 Å². The lowest BCUT2D eigenvalue weighted by Crippen LogP contribution is -2.46. The van der Waals surface area contributed by atoms with E-state index in [-0.39, 0.29) is 18.0 Å². The molecule has 1 heterocycles. The maximum absolute atomic E-state index is 12.3. The van der Waals surface area contributed by atoms with Gasteiger partial charge in [-0.05, 0) is 32.2 Å². The second kappa shape index (κ2) is 6.75. The fourth-order valence-corrected chi connectivity index (χ4v) is 2.31. The minimum absolute atomic E-state index is 0.102. The molecule has 1 amide bonds. The SMILES string of the molecule is CC(C)CCN1CCC(C)N(C)C(=O)C1CC#N. The summed E-state index contributed by atoms with van der Waals surface area (Å²) < 4.78 is 0. The highest BCUT2D eigenvalue weighted by atomic mass is 16.2. The molecular formula is C14H25N3O. The van der Waals surface area contributed by atoms with Gasteiger partial charge in [-0.25, -0.2) is 0 Å². The summed E-state index contributed by atoms with van der Waals surface area (Å²) >= 11 is 0. The summed E-state index contributed by atoms with van der Waals surface area (Å²) in [6.07, 6.45) is 2.36. The van der Waals surface area contributed by atoms with Crippen LogP contribution in [0.1, 0.15) is 40.0 Å². The maximum atomic E-state index is 12.3. The summed E-state index contributed by atoms with van der Waals surface area (Å²) in [6, 6.07) is 2.18. The third-order valence-electron chi connectivity index (χ3n) is 3.85. The number of carbonyl (C=O) groups is 1. The Morgan fingerprint density at radius 2 is 2.17 bits per heavy atom. The molecule has 0 bridgehead atoms. The van der Waals surface area contributed by atoms with Gasteiger partial charge in [0.15, 0.2) is 0 Å². The van der Waals surface area contributed by atoms with Crippen LogP contribution in [0, 0.1) is 17.2 Å². The van der Waals surface area contributed by atoms with Crippen LogP contribution in [-0.4, -0.2) is 47.9 Å². The van der Waals surface area contributed by atoms with Crippen molar-refractivity contribution in [1.82, 2.24) is 9.80 Å². The first-order valence-corrected chi connectivity index (χ1v) is 6.85. The molecule has 1 rings (SSSR count). The van der Waals surface area contributed by atoms with Crippen LogP contribution < -0.4 is 0 Å². The van der Waals surface area contributed by atoms with Gasteiger partial charge in [-0.3, -0.25) is 9.69 Å². The molecule has 1 saturated heterocycles. The zero-order chi connectivity index (χ0) is 13.7. The van der Waals surface area contributed by atoms with Crippen molar-refractivity contribution in [3.63, 3.8) is 0 Å². The summed E-state index contributed by atoms with van der Waals surface area (Å²) in [6.45, 7) is 8.28. The van der Waals surface area contributed by atoms with Crippen LogP contribution in [-0.2, 0) is 4.79 Å². The number of likely N-dealkylation sites (N-methyl/N-ethyl adjacent to an activating group) is 1. The van der Waals surface area contributed by atoms with E-state index in [1.165, 1.54) is 0 Å². The lowest BCUT2D eigenvalue weighted by atomic mass is 10.1. The molecule has 2 atom stereocenters.